The van der Waals surface area contributed by atoms with Crippen LogP contribution in [0.3, 0.4) is 0 Å². The Kier molecular flexibility index (Phi) is 3.10. The first-order valence-electron chi connectivity index (χ1n) is 5.47. The Morgan fingerprint density at radius 2 is 2.31 bits per heavy atom. The number of nitrogens with zero attached hydrogens (tertiary/aromatic N) is 1. The largest absolute Gasteiger partial charge is 0.460 e. The van der Waals surface area contributed by atoms with Crippen molar-refractivity contribution in [1.82, 2.24) is 9.97 Å². The van der Waals surface area contributed by atoms with Crippen molar-refractivity contribution < 1.29 is 9.52 Å². The van der Waals surface area contributed by atoms with Crippen molar-refractivity contribution in [2.24, 2.45) is 0 Å². The number of hydrogen-bond donors (Lipinski definition) is 2. The predicted octanol–water partition coefficient (Wildman–Crippen LogP) is 2.46. The molecule has 2 aromatic heterocycles. The van der Waals surface area contributed by atoms with Crippen LogP contribution >= 0.6 is 0 Å². The number of aliphatic hydroxyl groups excluding tert-OH is 1. The standard InChI is InChI=1S/C12H16N2O2/c1-3-9(7-15)12-13-6-10(14-12)11-5-4-8(2)16-11/h4-6,9,15H,3,7H2,1-2H3,(H,13,14). The third-order valence-electron chi connectivity index (χ3n) is 2.70. The number of hydrogen-bond acceptors (Lipinski definition) is 3. The van der Waals surface area contributed by atoms with E-state index < -0.39 is 0 Å². The maximum absolute atomic E-state index is 9.18. The molecule has 0 radical (unpaired) electrons. The van der Waals surface area contributed by atoms with E-state index in [1.54, 1.807) is 6.20 Å². The molecule has 0 saturated heterocycles. The van der Waals surface area contributed by atoms with E-state index in [1.165, 1.54) is 0 Å². The van der Waals surface area contributed by atoms with Gasteiger partial charge in [0.2, 0.25) is 0 Å². The Labute approximate surface area is 94.3 Å². The van der Waals surface area contributed by atoms with Crippen molar-refractivity contribution in [3.63, 3.8) is 0 Å². The number of rotatable bonds is 4. The van der Waals surface area contributed by atoms with Crippen molar-refractivity contribution in [2.75, 3.05) is 6.61 Å². The summed E-state index contributed by atoms with van der Waals surface area (Å²) in [6, 6.07) is 3.83. The number of imidazole rings is 1. The number of aliphatic hydroxyl groups is 1. The van der Waals surface area contributed by atoms with E-state index in [9.17, 15) is 5.11 Å². The number of nitrogens with one attached hydrogen (secondary N) is 1. The smallest absolute Gasteiger partial charge is 0.152 e. The fourth-order valence-electron chi connectivity index (χ4n) is 1.66. The fourth-order valence-corrected chi connectivity index (χ4v) is 1.66. The summed E-state index contributed by atoms with van der Waals surface area (Å²) in [5, 5.41) is 9.18. The Balaban J connectivity index is 2.25. The van der Waals surface area contributed by atoms with Crippen molar-refractivity contribution in [3.05, 3.63) is 29.9 Å². The van der Waals surface area contributed by atoms with Crippen molar-refractivity contribution >= 4 is 0 Å². The highest BCUT2D eigenvalue weighted by molar-refractivity contribution is 5.51. The first kappa shape index (κ1) is 11.0. The molecular weight excluding hydrogens is 204 g/mol. The van der Waals surface area contributed by atoms with Crippen LogP contribution in [0.2, 0.25) is 0 Å². The van der Waals surface area contributed by atoms with E-state index >= 15 is 0 Å². The molecule has 0 bridgehead atoms. The van der Waals surface area contributed by atoms with Crippen LogP contribution in [0.4, 0.5) is 0 Å². The zero-order chi connectivity index (χ0) is 11.5. The first-order valence-corrected chi connectivity index (χ1v) is 5.47. The molecule has 0 fully saturated rings. The molecule has 0 aromatic carbocycles. The fraction of sp³-hybridized carbons (Fsp3) is 0.417. The van der Waals surface area contributed by atoms with Crippen LogP contribution in [0, 0.1) is 6.92 Å². The van der Waals surface area contributed by atoms with E-state index in [0.717, 1.165) is 29.5 Å². The minimum absolute atomic E-state index is 0.0739. The quantitative estimate of drug-likeness (QED) is 0.832. The summed E-state index contributed by atoms with van der Waals surface area (Å²) >= 11 is 0. The number of aromatic amines is 1. The molecule has 0 aliphatic carbocycles. The molecule has 0 saturated carbocycles. The van der Waals surface area contributed by atoms with Crippen LogP contribution < -0.4 is 0 Å². The molecule has 2 N–H and O–H groups in total. The van der Waals surface area contributed by atoms with Crippen molar-refractivity contribution in [3.8, 4) is 11.5 Å². The highest BCUT2D eigenvalue weighted by Gasteiger charge is 2.13. The average Bonchev–Trinajstić information content (AvgIpc) is 2.89. The molecule has 1 atom stereocenters. The number of furan rings is 1. The molecule has 16 heavy (non-hydrogen) atoms. The van der Waals surface area contributed by atoms with Gasteiger partial charge in [-0.3, -0.25) is 0 Å². The minimum Gasteiger partial charge on any atom is -0.460 e. The predicted molar refractivity (Wildman–Crippen MR) is 61.1 cm³/mol. The van der Waals surface area contributed by atoms with Crippen LogP contribution in [0.15, 0.2) is 22.7 Å². The van der Waals surface area contributed by atoms with Crippen LogP contribution in [-0.2, 0) is 0 Å². The SMILES string of the molecule is CCC(CO)c1ncc(-c2ccc(C)o2)[nH]1. The second kappa shape index (κ2) is 4.53. The topological polar surface area (TPSA) is 62.1 Å². The molecular formula is C12H16N2O2. The summed E-state index contributed by atoms with van der Waals surface area (Å²) in [6.07, 6.45) is 2.60. The molecule has 4 nitrogen and oxygen atoms in total. The van der Waals surface area contributed by atoms with E-state index in [2.05, 4.69) is 9.97 Å². The normalized spacial score (nSPS) is 12.9. The maximum Gasteiger partial charge on any atom is 0.152 e. The number of H-pyrrole nitrogens is 1. The van der Waals surface area contributed by atoms with Gasteiger partial charge >= 0.3 is 0 Å². The average molecular weight is 220 g/mol. The van der Waals surface area contributed by atoms with Crippen LogP contribution in [0.5, 0.6) is 0 Å². The van der Waals surface area contributed by atoms with Crippen LogP contribution in [-0.4, -0.2) is 21.7 Å². The van der Waals surface area contributed by atoms with E-state index in [4.69, 9.17) is 4.42 Å². The number of aryl methyl sites for hydroxylation is 1. The third kappa shape index (κ3) is 2.02. The molecule has 4 heteroatoms. The number of aromatic nitrogens is 2. The zero-order valence-electron chi connectivity index (χ0n) is 9.53. The van der Waals surface area contributed by atoms with Gasteiger partial charge in [0, 0.05) is 5.92 Å². The Morgan fingerprint density at radius 1 is 1.50 bits per heavy atom. The van der Waals surface area contributed by atoms with E-state index in [1.807, 2.05) is 26.0 Å². The summed E-state index contributed by atoms with van der Waals surface area (Å²) in [5.74, 6) is 2.54. The van der Waals surface area contributed by atoms with Gasteiger partial charge in [-0.2, -0.15) is 0 Å². The van der Waals surface area contributed by atoms with Crippen LogP contribution in [0.25, 0.3) is 11.5 Å². The van der Waals surface area contributed by atoms with Gasteiger partial charge in [-0.05, 0) is 25.5 Å². The van der Waals surface area contributed by atoms with Gasteiger partial charge in [-0.15, -0.1) is 0 Å². The molecule has 86 valence electrons. The van der Waals surface area contributed by atoms with Gasteiger partial charge in [-0.1, -0.05) is 6.92 Å². The summed E-state index contributed by atoms with van der Waals surface area (Å²) in [6.45, 7) is 4.05. The second-order valence-electron chi connectivity index (χ2n) is 3.88. The maximum atomic E-state index is 9.18. The monoisotopic (exact) mass is 220 g/mol. The second-order valence-corrected chi connectivity index (χ2v) is 3.88. The van der Waals surface area contributed by atoms with Gasteiger partial charge in [0.05, 0.1) is 12.8 Å². The van der Waals surface area contributed by atoms with Gasteiger partial charge in [0.25, 0.3) is 0 Å². The molecule has 0 aliphatic heterocycles. The molecule has 2 aromatic rings. The lowest BCUT2D eigenvalue weighted by Crippen LogP contribution is -2.04. The summed E-state index contributed by atoms with van der Waals surface area (Å²) in [7, 11) is 0. The summed E-state index contributed by atoms with van der Waals surface area (Å²) in [4.78, 5) is 7.45. The highest BCUT2D eigenvalue weighted by atomic mass is 16.3. The molecule has 0 amide bonds. The third-order valence-corrected chi connectivity index (χ3v) is 2.70. The van der Waals surface area contributed by atoms with Gasteiger partial charge < -0.3 is 14.5 Å². The lowest BCUT2D eigenvalue weighted by Gasteiger charge is -2.06. The summed E-state index contributed by atoms with van der Waals surface area (Å²) in [5.41, 5.74) is 0.856. The van der Waals surface area contributed by atoms with Gasteiger partial charge in [0.15, 0.2) is 5.76 Å². The molecule has 0 spiro atoms. The Morgan fingerprint density at radius 3 is 2.88 bits per heavy atom. The molecule has 2 rings (SSSR count). The summed E-state index contributed by atoms with van der Waals surface area (Å²) < 4.78 is 5.50. The zero-order valence-corrected chi connectivity index (χ0v) is 9.53. The van der Waals surface area contributed by atoms with Crippen LogP contribution in [0.1, 0.15) is 30.8 Å². The van der Waals surface area contributed by atoms with Crippen molar-refractivity contribution in [1.29, 1.82) is 0 Å². The lowest BCUT2D eigenvalue weighted by molar-refractivity contribution is 0.258. The van der Waals surface area contributed by atoms with Gasteiger partial charge in [-0.25, -0.2) is 4.98 Å². The Hall–Kier alpha value is -1.55. The van der Waals surface area contributed by atoms with E-state index in [-0.39, 0.29) is 12.5 Å². The molecule has 2 heterocycles. The Bertz CT molecular complexity index is 455. The van der Waals surface area contributed by atoms with Crippen molar-refractivity contribution in [2.45, 2.75) is 26.2 Å². The lowest BCUT2D eigenvalue weighted by atomic mass is 10.1. The molecule has 1 unspecified atom stereocenters. The molecule has 0 aliphatic rings. The van der Waals surface area contributed by atoms with Gasteiger partial charge in [0.1, 0.15) is 17.3 Å². The highest BCUT2D eigenvalue weighted by Crippen LogP contribution is 2.23. The van der Waals surface area contributed by atoms with E-state index in [0.29, 0.717) is 0 Å². The minimum atomic E-state index is 0.0739. The first-order chi connectivity index (χ1) is 7.74.